The summed E-state index contributed by atoms with van der Waals surface area (Å²) < 4.78 is 0. The van der Waals surface area contributed by atoms with Crippen LogP contribution in [0.1, 0.15) is 13.8 Å². The second-order valence-corrected chi connectivity index (χ2v) is 7.43. The lowest BCUT2D eigenvalue weighted by molar-refractivity contribution is -0.134. The van der Waals surface area contributed by atoms with Crippen LogP contribution in [-0.4, -0.2) is 123 Å². The average molecular weight is 326 g/mol. The predicted octanol–water partition coefficient (Wildman–Crippen LogP) is -0.282. The largest absolute Gasteiger partial charge is 0.339 e. The Morgan fingerprint density at radius 1 is 0.913 bits per heavy atom. The Kier molecular flexibility index (Phi) is 7.27. The molecule has 0 bridgehead atoms. The van der Waals surface area contributed by atoms with Crippen LogP contribution in [0.15, 0.2) is 0 Å². The lowest BCUT2D eigenvalue weighted by atomic mass is 10.2. The van der Waals surface area contributed by atoms with E-state index in [1.807, 2.05) is 0 Å². The molecule has 23 heavy (non-hydrogen) atoms. The Labute approximate surface area is 142 Å². The fourth-order valence-corrected chi connectivity index (χ4v) is 3.29. The molecule has 2 aliphatic rings. The Hall–Kier alpha value is -0.690. The van der Waals surface area contributed by atoms with E-state index in [1.165, 1.54) is 0 Å². The number of piperazine rings is 2. The van der Waals surface area contributed by atoms with E-state index in [9.17, 15) is 4.79 Å². The van der Waals surface area contributed by atoms with Crippen LogP contribution in [0.4, 0.5) is 0 Å². The quantitative estimate of drug-likeness (QED) is 0.671. The lowest BCUT2D eigenvalue weighted by Gasteiger charge is -2.39. The van der Waals surface area contributed by atoms with Gasteiger partial charge < -0.3 is 9.80 Å². The minimum Gasteiger partial charge on any atom is -0.339 e. The van der Waals surface area contributed by atoms with Gasteiger partial charge in [-0.3, -0.25) is 19.5 Å². The van der Waals surface area contributed by atoms with Crippen molar-refractivity contribution in [1.29, 1.82) is 0 Å². The van der Waals surface area contributed by atoms with Crippen LogP contribution < -0.4 is 0 Å². The van der Waals surface area contributed by atoms with Gasteiger partial charge >= 0.3 is 0 Å². The monoisotopic (exact) mass is 325 g/mol. The molecule has 2 fully saturated rings. The summed E-state index contributed by atoms with van der Waals surface area (Å²) in [5.41, 5.74) is 0. The van der Waals surface area contributed by atoms with Crippen LogP contribution in [-0.2, 0) is 4.79 Å². The highest BCUT2D eigenvalue weighted by Gasteiger charge is 2.25. The molecule has 0 aromatic heterocycles. The normalized spacial score (nSPS) is 22.3. The number of nitrogens with zero attached hydrogens (tertiary/aromatic N) is 5. The maximum atomic E-state index is 12.5. The summed E-state index contributed by atoms with van der Waals surface area (Å²) in [7, 11) is 4.24. The highest BCUT2D eigenvalue weighted by atomic mass is 16.2. The maximum absolute atomic E-state index is 12.5. The Balaban J connectivity index is 1.65. The molecule has 0 spiro atoms. The zero-order valence-electron chi connectivity index (χ0n) is 15.5. The molecule has 0 N–H and O–H groups in total. The number of likely N-dealkylation sites (N-methyl/N-ethyl adjacent to an activating group) is 1. The molecular weight excluding hydrogens is 290 g/mol. The minimum absolute atomic E-state index is 0.315. The van der Waals surface area contributed by atoms with Gasteiger partial charge in [0.15, 0.2) is 0 Å². The average Bonchev–Trinajstić information content (AvgIpc) is 2.54. The summed E-state index contributed by atoms with van der Waals surface area (Å²) in [5.74, 6) is 0.315. The first-order chi connectivity index (χ1) is 11.0. The van der Waals surface area contributed by atoms with Crippen molar-refractivity contribution in [1.82, 2.24) is 24.5 Å². The van der Waals surface area contributed by atoms with Crippen LogP contribution >= 0.6 is 0 Å². The van der Waals surface area contributed by atoms with Crippen molar-refractivity contribution in [2.45, 2.75) is 19.9 Å². The molecule has 2 aliphatic heterocycles. The lowest BCUT2D eigenvalue weighted by Crippen LogP contribution is -2.55. The number of rotatable bonds is 6. The Bertz CT molecular complexity index is 358. The first-order valence-electron chi connectivity index (χ1n) is 9.07. The molecule has 2 rings (SSSR count). The molecule has 1 amide bonds. The van der Waals surface area contributed by atoms with E-state index >= 15 is 0 Å². The molecule has 2 saturated heterocycles. The number of hydrogen-bond acceptors (Lipinski definition) is 5. The molecule has 6 nitrogen and oxygen atoms in total. The number of hydrogen-bond donors (Lipinski definition) is 0. The second-order valence-electron chi connectivity index (χ2n) is 7.43. The van der Waals surface area contributed by atoms with Crippen molar-refractivity contribution in [3.63, 3.8) is 0 Å². The van der Waals surface area contributed by atoms with Crippen molar-refractivity contribution in [3.05, 3.63) is 0 Å². The molecule has 6 heteroatoms. The van der Waals surface area contributed by atoms with Gasteiger partial charge in [-0.15, -0.1) is 0 Å². The number of carbonyl (C=O) groups is 1. The maximum Gasteiger partial charge on any atom is 0.236 e. The zero-order valence-corrected chi connectivity index (χ0v) is 15.5. The molecule has 0 atom stereocenters. The molecule has 0 unspecified atom stereocenters. The predicted molar refractivity (Wildman–Crippen MR) is 94.7 cm³/mol. The molecule has 2 heterocycles. The van der Waals surface area contributed by atoms with Crippen LogP contribution in [0, 0.1) is 0 Å². The Morgan fingerprint density at radius 3 is 2.00 bits per heavy atom. The molecule has 134 valence electrons. The van der Waals surface area contributed by atoms with Gasteiger partial charge in [0.2, 0.25) is 5.91 Å². The van der Waals surface area contributed by atoms with Gasteiger partial charge in [0.1, 0.15) is 0 Å². The molecule has 0 aliphatic carbocycles. The highest BCUT2D eigenvalue weighted by molar-refractivity contribution is 5.78. The summed E-state index contributed by atoms with van der Waals surface area (Å²) >= 11 is 0. The highest BCUT2D eigenvalue weighted by Crippen LogP contribution is 2.08. The van der Waals surface area contributed by atoms with Crippen molar-refractivity contribution < 1.29 is 4.79 Å². The zero-order chi connectivity index (χ0) is 16.8. The molecule has 0 saturated carbocycles. The van der Waals surface area contributed by atoms with Gasteiger partial charge in [-0.05, 0) is 27.9 Å². The first kappa shape index (κ1) is 18.6. The van der Waals surface area contributed by atoms with Gasteiger partial charge in [0.25, 0.3) is 0 Å². The third-order valence-corrected chi connectivity index (χ3v) is 5.08. The second kappa shape index (κ2) is 8.97. The minimum atomic E-state index is 0.315. The first-order valence-corrected chi connectivity index (χ1v) is 9.07. The van der Waals surface area contributed by atoms with Crippen molar-refractivity contribution in [2.75, 3.05) is 86.1 Å². The summed E-state index contributed by atoms with van der Waals surface area (Å²) in [4.78, 5) is 24.0. The van der Waals surface area contributed by atoms with Gasteiger partial charge in [0.05, 0.1) is 6.54 Å². The SMILES string of the molecule is CC(C)N1CCN(C(=O)CN2CCN(CCN(C)C)CC2)CC1. The van der Waals surface area contributed by atoms with Gasteiger partial charge in [-0.2, -0.15) is 0 Å². The third kappa shape index (κ3) is 6.03. The van der Waals surface area contributed by atoms with Crippen molar-refractivity contribution in [3.8, 4) is 0 Å². The number of carbonyl (C=O) groups excluding carboxylic acids is 1. The van der Waals surface area contributed by atoms with Crippen LogP contribution in [0.3, 0.4) is 0 Å². The van der Waals surface area contributed by atoms with E-state index in [-0.39, 0.29) is 0 Å². The van der Waals surface area contributed by atoms with Crippen LogP contribution in [0.25, 0.3) is 0 Å². The molecular formula is C17H35N5O. The fourth-order valence-electron chi connectivity index (χ4n) is 3.29. The Morgan fingerprint density at radius 2 is 1.48 bits per heavy atom. The van der Waals surface area contributed by atoms with Crippen molar-refractivity contribution in [2.24, 2.45) is 0 Å². The van der Waals surface area contributed by atoms with E-state index in [1.54, 1.807) is 0 Å². The standard InChI is InChI=1S/C17H35N5O/c1-16(2)21-11-13-22(14-12-21)17(23)15-20-9-7-19(8-10-20)6-5-18(3)4/h16H,5-15H2,1-4H3. The van der Waals surface area contributed by atoms with Crippen molar-refractivity contribution >= 4 is 5.91 Å². The summed E-state index contributed by atoms with van der Waals surface area (Å²) in [6, 6.07) is 0.586. The summed E-state index contributed by atoms with van der Waals surface area (Å²) in [6.07, 6.45) is 0. The van der Waals surface area contributed by atoms with Gasteiger partial charge in [0, 0.05) is 71.5 Å². The molecule has 0 radical (unpaired) electrons. The third-order valence-electron chi connectivity index (χ3n) is 5.08. The number of amides is 1. The summed E-state index contributed by atoms with van der Waals surface area (Å²) in [6.45, 7) is 15.3. The molecule has 0 aromatic rings. The van der Waals surface area contributed by atoms with Crippen LogP contribution in [0.5, 0.6) is 0 Å². The van der Waals surface area contributed by atoms with E-state index < -0.39 is 0 Å². The van der Waals surface area contributed by atoms with E-state index in [2.05, 4.69) is 52.4 Å². The van der Waals surface area contributed by atoms with Crippen LogP contribution in [0.2, 0.25) is 0 Å². The van der Waals surface area contributed by atoms with Gasteiger partial charge in [-0.1, -0.05) is 0 Å². The fraction of sp³-hybridized carbons (Fsp3) is 0.941. The van der Waals surface area contributed by atoms with E-state index in [4.69, 9.17) is 0 Å². The topological polar surface area (TPSA) is 33.3 Å². The van der Waals surface area contributed by atoms with Gasteiger partial charge in [-0.25, -0.2) is 0 Å². The summed E-state index contributed by atoms with van der Waals surface area (Å²) in [5, 5.41) is 0. The van der Waals surface area contributed by atoms with E-state index in [0.717, 1.165) is 65.4 Å². The smallest absolute Gasteiger partial charge is 0.236 e. The van der Waals surface area contributed by atoms with E-state index in [0.29, 0.717) is 18.5 Å². The molecule has 0 aromatic carbocycles.